The van der Waals surface area contributed by atoms with Crippen molar-refractivity contribution < 1.29 is 0 Å². The van der Waals surface area contributed by atoms with Gasteiger partial charge in [-0.2, -0.15) is 0 Å². The molecule has 2 atom stereocenters. The van der Waals surface area contributed by atoms with Crippen LogP contribution in [0.15, 0.2) is 24.5 Å². The third kappa shape index (κ3) is 3.98. The van der Waals surface area contributed by atoms with Crippen molar-refractivity contribution in [1.29, 1.82) is 0 Å². The van der Waals surface area contributed by atoms with Gasteiger partial charge in [0.1, 0.15) is 0 Å². The summed E-state index contributed by atoms with van der Waals surface area (Å²) in [6.45, 7) is 4.43. The minimum Gasteiger partial charge on any atom is -0.271 e. The minimum atomic E-state index is 0.406. The largest absolute Gasteiger partial charge is 0.271 e. The van der Waals surface area contributed by atoms with E-state index in [1.165, 1.54) is 5.56 Å². The lowest BCUT2D eigenvalue weighted by atomic mass is 9.94. The molecule has 0 radical (unpaired) electrons. The molecule has 1 aromatic rings. The van der Waals surface area contributed by atoms with Crippen LogP contribution in [0.2, 0.25) is 0 Å². The molecule has 2 unspecified atom stereocenters. The molecule has 0 aliphatic heterocycles. The second-order valence-corrected chi connectivity index (χ2v) is 4.05. The van der Waals surface area contributed by atoms with Crippen LogP contribution in [0, 0.1) is 5.92 Å². The summed E-state index contributed by atoms with van der Waals surface area (Å²) in [5.41, 5.74) is 4.23. The fourth-order valence-corrected chi connectivity index (χ4v) is 1.69. The number of hydrazine groups is 1. The van der Waals surface area contributed by atoms with E-state index in [2.05, 4.69) is 36.4 Å². The predicted octanol–water partition coefficient (Wildman–Crippen LogP) is 1.89. The molecular weight excluding hydrogens is 186 g/mol. The van der Waals surface area contributed by atoms with Crippen molar-refractivity contribution in [3.63, 3.8) is 0 Å². The Kier molecular flexibility index (Phi) is 5.29. The monoisotopic (exact) mass is 207 g/mol. The van der Waals surface area contributed by atoms with Crippen LogP contribution in [-0.4, -0.2) is 11.0 Å². The molecule has 0 saturated heterocycles. The molecule has 0 saturated carbocycles. The molecule has 1 rings (SSSR count). The number of nitrogens with zero attached hydrogens (tertiary/aromatic N) is 1. The normalized spacial score (nSPS) is 14.9. The van der Waals surface area contributed by atoms with Crippen LogP contribution in [0.3, 0.4) is 0 Å². The van der Waals surface area contributed by atoms with Crippen LogP contribution in [-0.2, 0) is 6.42 Å². The lowest BCUT2D eigenvalue weighted by Gasteiger charge is -2.21. The lowest BCUT2D eigenvalue weighted by molar-refractivity contribution is 0.353. The van der Waals surface area contributed by atoms with Crippen molar-refractivity contribution in [3.8, 4) is 0 Å². The molecule has 0 fully saturated rings. The Morgan fingerprint density at radius 2 is 2.07 bits per heavy atom. The van der Waals surface area contributed by atoms with Gasteiger partial charge in [0.15, 0.2) is 0 Å². The Hall–Kier alpha value is -0.930. The molecule has 0 aliphatic rings. The number of rotatable bonds is 6. The molecule has 3 heteroatoms. The third-order valence-electron chi connectivity index (χ3n) is 3.04. The summed E-state index contributed by atoms with van der Waals surface area (Å²) in [4.78, 5) is 4.00. The zero-order valence-corrected chi connectivity index (χ0v) is 9.61. The Labute approximate surface area is 92.1 Å². The third-order valence-corrected chi connectivity index (χ3v) is 3.04. The molecule has 1 aromatic heterocycles. The number of hydrogen-bond acceptors (Lipinski definition) is 3. The Balaban J connectivity index is 2.41. The number of nitrogens with two attached hydrogens (primary N) is 1. The van der Waals surface area contributed by atoms with E-state index in [1.54, 1.807) is 0 Å². The van der Waals surface area contributed by atoms with Crippen molar-refractivity contribution in [3.05, 3.63) is 30.1 Å². The first-order valence-corrected chi connectivity index (χ1v) is 5.63. The molecule has 1 heterocycles. The van der Waals surface area contributed by atoms with Crippen LogP contribution < -0.4 is 11.3 Å². The maximum absolute atomic E-state index is 5.55. The van der Waals surface area contributed by atoms with Gasteiger partial charge in [-0.15, -0.1) is 0 Å². The average Bonchev–Trinajstić information content (AvgIpc) is 2.31. The van der Waals surface area contributed by atoms with Crippen molar-refractivity contribution in [1.82, 2.24) is 10.4 Å². The van der Waals surface area contributed by atoms with E-state index in [9.17, 15) is 0 Å². The summed E-state index contributed by atoms with van der Waals surface area (Å²) in [5.74, 6) is 6.17. The lowest BCUT2D eigenvalue weighted by Crippen LogP contribution is -2.40. The highest BCUT2D eigenvalue weighted by molar-refractivity contribution is 5.09. The van der Waals surface area contributed by atoms with E-state index in [0.29, 0.717) is 12.0 Å². The van der Waals surface area contributed by atoms with Crippen LogP contribution in [0.1, 0.15) is 32.3 Å². The average molecular weight is 207 g/mol. The quantitative estimate of drug-likeness (QED) is 0.553. The van der Waals surface area contributed by atoms with E-state index in [0.717, 1.165) is 19.3 Å². The zero-order valence-electron chi connectivity index (χ0n) is 9.61. The summed E-state index contributed by atoms with van der Waals surface area (Å²) in [6.07, 6.45) is 6.97. The molecule has 84 valence electrons. The van der Waals surface area contributed by atoms with Crippen LogP contribution in [0.25, 0.3) is 0 Å². The Bertz CT molecular complexity index is 261. The first kappa shape index (κ1) is 12.1. The fourth-order valence-electron chi connectivity index (χ4n) is 1.69. The van der Waals surface area contributed by atoms with E-state index in [1.807, 2.05) is 12.4 Å². The zero-order chi connectivity index (χ0) is 11.1. The van der Waals surface area contributed by atoms with Gasteiger partial charge in [0, 0.05) is 18.4 Å². The Morgan fingerprint density at radius 3 is 2.60 bits per heavy atom. The number of aromatic nitrogens is 1. The van der Waals surface area contributed by atoms with E-state index < -0.39 is 0 Å². The molecule has 15 heavy (non-hydrogen) atoms. The van der Waals surface area contributed by atoms with Crippen molar-refractivity contribution in [2.45, 2.75) is 39.2 Å². The molecule has 0 aromatic carbocycles. The molecular formula is C12H21N3. The highest BCUT2D eigenvalue weighted by Gasteiger charge is 2.13. The summed E-state index contributed by atoms with van der Waals surface area (Å²) in [5, 5.41) is 0. The first-order valence-electron chi connectivity index (χ1n) is 5.63. The summed E-state index contributed by atoms with van der Waals surface area (Å²) >= 11 is 0. The topological polar surface area (TPSA) is 50.9 Å². The SMILES string of the molecule is CCC(C)C(CCc1ccncc1)NN. The highest BCUT2D eigenvalue weighted by atomic mass is 15.2. The maximum atomic E-state index is 5.55. The fraction of sp³-hybridized carbons (Fsp3) is 0.583. The van der Waals surface area contributed by atoms with Gasteiger partial charge in [-0.1, -0.05) is 20.3 Å². The summed E-state index contributed by atoms with van der Waals surface area (Å²) in [6, 6.07) is 4.53. The Morgan fingerprint density at radius 1 is 1.40 bits per heavy atom. The van der Waals surface area contributed by atoms with Crippen LogP contribution in [0.4, 0.5) is 0 Å². The van der Waals surface area contributed by atoms with E-state index >= 15 is 0 Å². The number of hydrogen-bond donors (Lipinski definition) is 2. The predicted molar refractivity (Wildman–Crippen MR) is 63.1 cm³/mol. The van der Waals surface area contributed by atoms with Gasteiger partial charge >= 0.3 is 0 Å². The number of pyridine rings is 1. The van der Waals surface area contributed by atoms with E-state index in [-0.39, 0.29) is 0 Å². The minimum absolute atomic E-state index is 0.406. The first-order chi connectivity index (χ1) is 7.27. The van der Waals surface area contributed by atoms with Crippen molar-refractivity contribution in [2.75, 3.05) is 0 Å². The van der Waals surface area contributed by atoms with E-state index in [4.69, 9.17) is 5.84 Å². The molecule has 0 bridgehead atoms. The molecule has 0 amide bonds. The molecule has 3 N–H and O–H groups in total. The van der Waals surface area contributed by atoms with Gasteiger partial charge in [-0.25, -0.2) is 0 Å². The standard InChI is InChI=1S/C12H21N3/c1-3-10(2)12(15-13)5-4-11-6-8-14-9-7-11/h6-10,12,15H,3-5,13H2,1-2H3. The van der Waals surface area contributed by atoms with Crippen LogP contribution in [0.5, 0.6) is 0 Å². The van der Waals surface area contributed by atoms with Crippen molar-refractivity contribution >= 4 is 0 Å². The van der Waals surface area contributed by atoms with Gasteiger partial charge in [0.05, 0.1) is 0 Å². The second kappa shape index (κ2) is 6.53. The molecule has 0 aliphatic carbocycles. The second-order valence-electron chi connectivity index (χ2n) is 4.05. The van der Waals surface area contributed by atoms with Crippen molar-refractivity contribution in [2.24, 2.45) is 11.8 Å². The van der Waals surface area contributed by atoms with Gasteiger partial charge in [-0.3, -0.25) is 16.3 Å². The highest BCUT2D eigenvalue weighted by Crippen LogP contribution is 2.13. The van der Waals surface area contributed by atoms with Gasteiger partial charge < -0.3 is 0 Å². The van der Waals surface area contributed by atoms with Gasteiger partial charge in [-0.05, 0) is 36.5 Å². The van der Waals surface area contributed by atoms with Gasteiger partial charge in [0.25, 0.3) is 0 Å². The summed E-state index contributed by atoms with van der Waals surface area (Å²) < 4.78 is 0. The number of nitrogens with one attached hydrogen (secondary N) is 1. The molecule has 0 spiro atoms. The molecule has 3 nitrogen and oxygen atoms in total. The van der Waals surface area contributed by atoms with Crippen LogP contribution >= 0.6 is 0 Å². The maximum Gasteiger partial charge on any atom is 0.0270 e. The number of aryl methyl sites for hydroxylation is 1. The van der Waals surface area contributed by atoms with Gasteiger partial charge in [0.2, 0.25) is 0 Å². The smallest absolute Gasteiger partial charge is 0.0270 e. The summed E-state index contributed by atoms with van der Waals surface area (Å²) in [7, 11) is 0.